The Hall–Kier alpha value is -2.75. The molecule has 4 heteroatoms. The van der Waals surface area contributed by atoms with Gasteiger partial charge in [-0.1, -0.05) is 30.3 Å². The van der Waals surface area contributed by atoms with E-state index in [-0.39, 0.29) is 0 Å². The number of nitrogens with two attached hydrogens (primary N) is 1. The highest BCUT2D eigenvalue weighted by Gasteiger charge is 2.20. The van der Waals surface area contributed by atoms with Crippen molar-refractivity contribution in [1.82, 2.24) is 4.98 Å². The van der Waals surface area contributed by atoms with Crippen molar-refractivity contribution < 1.29 is 4.74 Å². The fourth-order valence-electron chi connectivity index (χ4n) is 3.25. The molecule has 0 unspecified atom stereocenters. The van der Waals surface area contributed by atoms with E-state index in [1.165, 1.54) is 16.5 Å². The second-order valence-electron chi connectivity index (χ2n) is 5.89. The first-order valence-corrected chi connectivity index (χ1v) is 7.93. The molecule has 0 spiro atoms. The number of H-pyrrole nitrogens is 1. The first-order valence-electron chi connectivity index (χ1n) is 7.93. The van der Waals surface area contributed by atoms with Crippen molar-refractivity contribution in [3.05, 3.63) is 65.4 Å². The molecule has 4 nitrogen and oxygen atoms in total. The SMILES string of the molecule is NN=C1CCCc2c1[nH]c1ccc(OCc3ccccc3)cc21. The molecule has 2 aromatic carbocycles. The summed E-state index contributed by atoms with van der Waals surface area (Å²) in [5, 5.41) is 5.15. The van der Waals surface area contributed by atoms with E-state index in [0.29, 0.717) is 6.61 Å². The molecule has 1 aromatic heterocycles. The number of aromatic amines is 1. The molecule has 0 atom stereocenters. The van der Waals surface area contributed by atoms with Gasteiger partial charge in [-0.15, -0.1) is 0 Å². The number of fused-ring (bicyclic) bond motifs is 3. The Morgan fingerprint density at radius 3 is 2.78 bits per heavy atom. The Bertz CT molecular complexity index is 865. The minimum Gasteiger partial charge on any atom is -0.489 e. The fourth-order valence-corrected chi connectivity index (χ4v) is 3.25. The summed E-state index contributed by atoms with van der Waals surface area (Å²) in [5.74, 6) is 6.41. The molecule has 1 aliphatic rings. The van der Waals surface area contributed by atoms with Gasteiger partial charge in [0.15, 0.2) is 0 Å². The van der Waals surface area contributed by atoms with Crippen LogP contribution in [0.15, 0.2) is 53.6 Å². The smallest absolute Gasteiger partial charge is 0.120 e. The van der Waals surface area contributed by atoms with Crippen molar-refractivity contribution in [2.24, 2.45) is 10.9 Å². The van der Waals surface area contributed by atoms with Gasteiger partial charge in [-0.05, 0) is 48.6 Å². The van der Waals surface area contributed by atoms with E-state index in [9.17, 15) is 0 Å². The lowest BCUT2D eigenvalue weighted by molar-refractivity contribution is 0.306. The molecule has 0 radical (unpaired) electrons. The predicted molar refractivity (Wildman–Crippen MR) is 92.7 cm³/mol. The Balaban J connectivity index is 1.65. The van der Waals surface area contributed by atoms with Crippen LogP contribution in [-0.4, -0.2) is 10.7 Å². The van der Waals surface area contributed by atoms with Crippen LogP contribution in [0, 0.1) is 0 Å². The molecule has 1 aliphatic carbocycles. The van der Waals surface area contributed by atoms with E-state index in [1.54, 1.807) is 0 Å². The molecule has 3 N–H and O–H groups in total. The van der Waals surface area contributed by atoms with Gasteiger partial charge in [0.2, 0.25) is 0 Å². The number of hydrazone groups is 1. The Kier molecular flexibility index (Phi) is 3.50. The number of aryl methyl sites for hydroxylation is 1. The lowest BCUT2D eigenvalue weighted by atomic mass is 9.94. The molecular formula is C19H19N3O. The molecule has 0 saturated heterocycles. The average molecular weight is 305 g/mol. The van der Waals surface area contributed by atoms with Crippen molar-refractivity contribution in [3.63, 3.8) is 0 Å². The molecule has 0 bridgehead atoms. The van der Waals surface area contributed by atoms with Crippen molar-refractivity contribution in [1.29, 1.82) is 0 Å². The van der Waals surface area contributed by atoms with Gasteiger partial charge >= 0.3 is 0 Å². The number of benzene rings is 2. The maximum Gasteiger partial charge on any atom is 0.120 e. The maximum atomic E-state index is 5.94. The van der Waals surface area contributed by atoms with Gasteiger partial charge in [-0.25, -0.2) is 0 Å². The fraction of sp³-hybridized carbons (Fsp3) is 0.211. The van der Waals surface area contributed by atoms with Crippen LogP contribution >= 0.6 is 0 Å². The van der Waals surface area contributed by atoms with Crippen LogP contribution < -0.4 is 10.6 Å². The molecule has 3 aromatic rings. The van der Waals surface area contributed by atoms with Crippen LogP contribution in [0.5, 0.6) is 5.75 Å². The van der Waals surface area contributed by atoms with E-state index in [0.717, 1.165) is 41.9 Å². The highest BCUT2D eigenvalue weighted by molar-refractivity contribution is 6.06. The van der Waals surface area contributed by atoms with Crippen LogP contribution in [0.25, 0.3) is 10.9 Å². The molecule has 23 heavy (non-hydrogen) atoms. The zero-order chi connectivity index (χ0) is 15.6. The number of rotatable bonds is 3. The zero-order valence-corrected chi connectivity index (χ0v) is 12.9. The van der Waals surface area contributed by atoms with Gasteiger partial charge < -0.3 is 15.6 Å². The summed E-state index contributed by atoms with van der Waals surface area (Å²) in [6.45, 7) is 0.578. The van der Waals surface area contributed by atoms with Crippen molar-refractivity contribution in [3.8, 4) is 5.75 Å². The normalized spacial score (nSPS) is 15.7. The van der Waals surface area contributed by atoms with Gasteiger partial charge in [0.05, 0.1) is 11.4 Å². The second-order valence-corrected chi connectivity index (χ2v) is 5.89. The third-order valence-corrected chi connectivity index (χ3v) is 4.41. The highest BCUT2D eigenvalue weighted by Crippen LogP contribution is 2.31. The van der Waals surface area contributed by atoms with E-state index in [4.69, 9.17) is 10.6 Å². The summed E-state index contributed by atoms with van der Waals surface area (Å²) in [6.07, 6.45) is 3.08. The summed E-state index contributed by atoms with van der Waals surface area (Å²) >= 11 is 0. The molecule has 0 aliphatic heterocycles. The highest BCUT2D eigenvalue weighted by atomic mass is 16.5. The molecule has 1 heterocycles. The standard InChI is InChI=1S/C19H19N3O/c20-22-18-8-4-7-15-16-11-14(9-10-17(16)21-19(15)18)23-12-13-5-2-1-3-6-13/h1-3,5-6,9-11,21H,4,7-8,12,20H2. The first kappa shape index (κ1) is 13.9. The third kappa shape index (κ3) is 2.57. The minimum absolute atomic E-state index is 0.578. The van der Waals surface area contributed by atoms with E-state index in [1.807, 2.05) is 24.3 Å². The van der Waals surface area contributed by atoms with Crippen molar-refractivity contribution in [2.75, 3.05) is 0 Å². The number of hydrogen-bond donors (Lipinski definition) is 2. The summed E-state index contributed by atoms with van der Waals surface area (Å²) in [7, 11) is 0. The summed E-state index contributed by atoms with van der Waals surface area (Å²) in [5.41, 5.74) is 5.65. The predicted octanol–water partition coefficient (Wildman–Crippen LogP) is 3.75. The molecule has 0 saturated carbocycles. The van der Waals surface area contributed by atoms with Crippen LogP contribution in [0.3, 0.4) is 0 Å². The largest absolute Gasteiger partial charge is 0.489 e. The van der Waals surface area contributed by atoms with Crippen LogP contribution in [-0.2, 0) is 13.0 Å². The van der Waals surface area contributed by atoms with E-state index in [2.05, 4.69) is 34.4 Å². The summed E-state index contributed by atoms with van der Waals surface area (Å²) in [6, 6.07) is 16.4. The van der Waals surface area contributed by atoms with Gasteiger partial charge in [-0.3, -0.25) is 0 Å². The number of nitrogens with one attached hydrogen (secondary N) is 1. The number of aromatic nitrogens is 1. The molecule has 116 valence electrons. The number of nitrogens with zero attached hydrogens (tertiary/aromatic N) is 1. The Morgan fingerprint density at radius 2 is 1.96 bits per heavy atom. The Labute approximate surface area is 135 Å². The second kappa shape index (κ2) is 5.80. The van der Waals surface area contributed by atoms with E-state index < -0.39 is 0 Å². The van der Waals surface area contributed by atoms with Gasteiger partial charge in [0.1, 0.15) is 12.4 Å². The van der Waals surface area contributed by atoms with Crippen LogP contribution in [0.2, 0.25) is 0 Å². The van der Waals surface area contributed by atoms with E-state index >= 15 is 0 Å². The molecular weight excluding hydrogens is 286 g/mol. The van der Waals surface area contributed by atoms with Gasteiger partial charge in [0.25, 0.3) is 0 Å². The zero-order valence-electron chi connectivity index (χ0n) is 12.9. The summed E-state index contributed by atoms with van der Waals surface area (Å²) < 4.78 is 5.94. The first-order chi connectivity index (χ1) is 11.3. The lowest BCUT2D eigenvalue weighted by Crippen LogP contribution is -2.12. The van der Waals surface area contributed by atoms with Crippen LogP contribution in [0.4, 0.5) is 0 Å². The maximum absolute atomic E-state index is 5.94. The minimum atomic E-state index is 0.578. The molecule has 0 fully saturated rings. The third-order valence-electron chi connectivity index (χ3n) is 4.41. The lowest BCUT2D eigenvalue weighted by Gasteiger charge is -2.13. The van der Waals surface area contributed by atoms with Gasteiger partial charge in [0, 0.05) is 10.9 Å². The van der Waals surface area contributed by atoms with Crippen molar-refractivity contribution >= 4 is 16.6 Å². The average Bonchev–Trinajstić information content (AvgIpc) is 2.99. The molecule has 0 amide bonds. The Morgan fingerprint density at radius 1 is 1.09 bits per heavy atom. The molecule has 4 rings (SSSR count). The van der Waals surface area contributed by atoms with Gasteiger partial charge in [-0.2, -0.15) is 5.10 Å². The van der Waals surface area contributed by atoms with Crippen molar-refractivity contribution in [2.45, 2.75) is 25.9 Å². The quantitative estimate of drug-likeness (QED) is 0.572. The monoisotopic (exact) mass is 305 g/mol. The number of hydrogen-bond acceptors (Lipinski definition) is 3. The summed E-state index contributed by atoms with van der Waals surface area (Å²) in [4.78, 5) is 3.45. The topological polar surface area (TPSA) is 63.4 Å². The van der Waals surface area contributed by atoms with Crippen LogP contribution in [0.1, 0.15) is 29.7 Å². The number of ether oxygens (including phenoxy) is 1.